The van der Waals surface area contributed by atoms with Crippen LogP contribution in [0.1, 0.15) is 30.0 Å². The topological polar surface area (TPSA) is 47.4 Å². The Hall–Kier alpha value is -3.03. The van der Waals surface area contributed by atoms with Gasteiger partial charge in [0.25, 0.3) is 0 Å². The van der Waals surface area contributed by atoms with Crippen LogP contribution in [0.2, 0.25) is 0 Å². The molecule has 30 heavy (non-hydrogen) atoms. The van der Waals surface area contributed by atoms with Gasteiger partial charge in [0.15, 0.2) is 0 Å². The van der Waals surface area contributed by atoms with E-state index in [1.54, 1.807) is 13.4 Å². The smallest absolute Gasteiger partial charge is 0.416 e. The maximum Gasteiger partial charge on any atom is 0.416 e. The number of amides is 1. The summed E-state index contributed by atoms with van der Waals surface area (Å²) in [6.45, 7) is 1.19. The molecule has 3 aromatic rings. The number of piperidine rings is 1. The van der Waals surface area contributed by atoms with Crippen molar-refractivity contribution in [1.82, 2.24) is 14.5 Å². The number of hydrogen-bond donors (Lipinski definition) is 0. The van der Waals surface area contributed by atoms with Gasteiger partial charge in [-0.15, -0.1) is 0 Å². The molecular weight excluding hydrogens is 395 g/mol. The van der Waals surface area contributed by atoms with Gasteiger partial charge in [-0.1, -0.05) is 18.2 Å². The van der Waals surface area contributed by atoms with E-state index in [4.69, 9.17) is 4.74 Å². The average Bonchev–Trinajstić information content (AvgIpc) is 3.17. The van der Waals surface area contributed by atoms with Crippen molar-refractivity contribution < 1.29 is 22.7 Å². The van der Waals surface area contributed by atoms with Gasteiger partial charge in [-0.05, 0) is 37.1 Å². The number of para-hydroxylation sites is 1. The number of carbonyl (C=O) groups is 1. The number of halogens is 3. The number of ether oxygens (including phenoxy) is 1. The van der Waals surface area contributed by atoms with E-state index >= 15 is 0 Å². The molecule has 1 saturated heterocycles. The number of alkyl halides is 3. The standard InChI is InChI=1S/C22H22F3N3O2/c1-30-20-5-3-2-4-15(20)12-21(29)27-10-8-17(9-11-27)28-14-26-18-13-16(22(23,24)25)6-7-19(18)28/h2-7,13-14,17H,8-12H2,1H3. The molecule has 0 saturated carbocycles. The van der Waals surface area contributed by atoms with Crippen LogP contribution in [0.25, 0.3) is 11.0 Å². The minimum Gasteiger partial charge on any atom is -0.496 e. The zero-order valence-electron chi connectivity index (χ0n) is 16.5. The van der Waals surface area contributed by atoms with Gasteiger partial charge in [-0.3, -0.25) is 4.79 Å². The summed E-state index contributed by atoms with van der Waals surface area (Å²) in [5.41, 5.74) is 1.17. The maximum atomic E-state index is 12.9. The summed E-state index contributed by atoms with van der Waals surface area (Å²) in [7, 11) is 1.59. The Bertz CT molecular complexity index is 1050. The molecular formula is C22H22F3N3O2. The number of carbonyl (C=O) groups excluding carboxylic acids is 1. The highest BCUT2D eigenvalue weighted by molar-refractivity contribution is 5.80. The van der Waals surface area contributed by atoms with Gasteiger partial charge in [0.05, 0.1) is 36.5 Å². The number of benzene rings is 2. The molecule has 0 bridgehead atoms. The van der Waals surface area contributed by atoms with Gasteiger partial charge in [0, 0.05) is 24.7 Å². The second kappa shape index (κ2) is 8.01. The van der Waals surface area contributed by atoms with Gasteiger partial charge >= 0.3 is 6.18 Å². The summed E-state index contributed by atoms with van der Waals surface area (Å²) in [6, 6.07) is 11.2. The van der Waals surface area contributed by atoms with Gasteiger partial charge in [0.2, 0.25) is 5.91 Å². The first-order chi connectivity index (χ1) is 14.4. The highest BCUT2D eigenvalue weighted by Crippen LogP contribution is 2.33. The van der Waals surface area contributed by atoms with Crippen LogP contribution >= 0.6 is 0 Å². The predicted octanol–water partition coefficient (Wildman–Crippen LogP) is 4.47. The van der Waals surface area contributed by atoms with Crippen LogP contribution in [-0.2, 0) is 17.4 Å². The Morgan fingerprint density at radius 1 is 1.17 bits per heavy atom. The lowest BCUT2D eigenvalue weighted by atomic mass is 10.0. The van der Waals surface area contributed by atoms with Crippen LogP contribution in [0, 0.1) is 0 Å². The van der Waals surface area contributed by atoms with E-state index in [1.807, 2.05) is 33.7 Å². The fraction of sp³-hybridized carbons (Fsp3) is 0.364. The van der Waals surface area contributed by atoms with Crippen molar-refractivity contribution in [1.29, 1.82) is 0 Å². The molecule has 1 fully saturated rings. The lowest BCUT2D eigenvalue weighted by molar-refractivity contribution is -0.137. The molecule has 8 heteroatoms. The summed E-state index contributed by atoms with van der Waals surface area (Å²) in [5, 5.41) is 0. The van der Waals surface area contributed by atoms with Gasteiger partial charge in [-0.25, -0.2) is 4.98 Å². The Morgan fingerprint density at radius 2 is 1.90 bits per heavy atom. The van der Waals surface area contributed by atoms with Crippen molar-refractivity contribution in [2.75, 3.05) is 20.2 Å². The molecule has 1 aromatic heterocycles. The molecule has 1 aliphatic heterocycles. The van der Waals surface area contributed by atoms with E-state index in [2.05, 4.69) is 4.98 Å². The molecule has 158 valence electrons. The molecule has 0 atom stereocenters. The Balaban J connectivity index is 1.42. The summed E-state index contributed by atoms with van der Waals surface area (Å²) >= 11 is 0. The molecule has 0 spiro atoms. The molecule has 2 aromatic carbocycles. The molecule has 5 nitrogen and oxygen atoms in total. The van der Waals surface area contributed by atoms with E-state index in [9.17, 15) is 18.0 Å². The number of methoxy groups -OCH3 is 1. The first kappa shape index (κ1) is 20.3. The van der Waals surface area contributed by atoms with Crippen molar-refractivity contribution in [2.24, 2.45) is 0 Å². The van der Waals surface area contributed by atoms with Crippen LogP contribution in [0.3, 0.4) is 0 Å². The molecule has 1 amide bonds. The van der Waals surface area contributed by atoms with Crippen molar-refractivity contribution >= 4 is 16.9 Å². The summed E-state index contributed by atoms with van der Waals surface area (Å²) in [5.74, 6) is 0.743. The Morgan fingerprint density at radius 3 is 2.60 bits per heavy atom. The fourth-order valence-corrected chi connectivity index (χ4v) is 4.02. The van der Waals surface area contributed by atoms with Gasteiger partial charge in [-0.2, -0.15) is 13.2 Å². The molecule has 0 aliphatic carbocycles. The second-order valence-electron chi connectivity index (χ2n) is 7.45. The van der Waals surface area contributed by atoms with Crippen LogP contribution in [0.5, 0.6) is 5.75 Å². The predicted molar refractivity (Wildman–Crippen MR) is 106 cm³/mol. The number of hydrogen-bond acceptors (Lipinski definition) is 3. The Kier molecular flexibility index (Phi) is 5.40. The lowest BCUT2D eigenvalue weighted by Gasteiger charge is -2.33. The third-order valence-electron chi connectivity index (χ3n) is 5.65. The molecule has 4 rings (SSSR count). The molecule has 0 unspecified atom stereocenters. The number of aromatic nitrogens is 2. The average molecular weight is 417 g/mol. The molecule has 2 heterocycles. The number of rotatable bonds is 4. The quantitative estimate of drug-likeness (QED) is 0.629. The lowest BCUT2D eigenvalue weighted by Crippen LogP contribution is -2.39. The van der Waals surface area contributed by atoms with Crippen LogP contribution in [0.4, 0.5) is 13.2 Å². The zero-order valence-corrected chi connectivity index (χ0v) is 16.5. The molecule has 0 N–H and O–H groups in total. The van der Waals surface area contributed by atoms with Crippen LogP contribution in [0.15, 0.2) is 48.8 Å². The normalized spacial score (nSPS) is 15.5. The van der Waals surface area contributed by atoms with Crippen molar-refractivity contribution in [3.05, 3.63) is 59.9 Å². The van der Waals surface area contributed by atoms with E-state index in [0.29, 0.717) is 29.9 Å². The van der Waals surface area contributed by atoms with E-state index < -0.39 is 11.7 Å². The van der Waals surface area contributed by atoms with Crippen LogP contribution in [-0.4, -0.2) is 40.6 Å². The minimum atomic E-state index is -4.38. The first-order valence-corrected chi connectivity index (χ1v) is 9.80. The van der Waals surface area contributed by atoms with Crippen molar-refractivity contribution in [3.63, 3.8) is 0 Å². The summed E-state index contributed by atoms with van der Waals surface area (Å²) in [4.78, 5) is 18.7. The van der Waals surface area contributed by atoms with E-state index in [-0.39, 0.29) is 18.4 Å². The third kappa shape index (κ3) is 3.99. The SMILES string of the molecule is COc1ccccc1CC(=O)N1CCC(n2cnc3cc(C(F)(F)F)ccc32)CC1. The van der Waals surface area contributed by atoms with E-state index in [1.165, 1.54) is 6.07 Å². The monoisotopic (exact) mass is 417 g/mol. The zero-order chi connectivity index (χ0) is 21.3. The summed E-state index contributed by atoms with van der Waals surface area (Å²) in [6.07, 6.45) is -1.05. The highest BCUT2D eigenvalue weighted by atomic mass is 19.4. The maximum absolute atomic E-state index is 12.9. The van der Waals surface area contributed by atoms with Gasteiger partial charge < -0.3 is 14.2 Å². The van der Waals surface area contributed by atoms with Crippen molar-refractivity contribution in [2.45, 2.75) is 31.5 Å². The van der Waals surface area contributed by atoms with Gasteiger partial charge in [0.1, 0.15) is 5.75 Å². The first-order valence-electron chi connectivity index (χ1n) is 9.80. The fourth-order valence-electron chi connectivity index (χ4n) is 4.02. The number of likely N-dealkylation sites (tertiary alicyclic amines) is 1. The number of nitrogens with zero attached hydrogens (tertiary/aromatic N) is 3. The number of fused-ring (bicyclic) bond motifs is 1. The second-order valence-corrected chi connectivity index (χ2v) is 7.45. The minimum absolute atomic E-state index is 0.0447. The molecule has 0 radical (unpaired) electrons. The Labute approximate surface area is 172 Å². The number of imidazole rings is 1. The van der Waals surface area contributed by atoms with E-state index in [0.717, 1.165) is 30.5 Å². The summed E-state index contributed by atoms with van der Waals surface area (Å²) < 4.78 is 46.0. The van der Waals surface area contributed by atoms with Crippen LogP contribution < -0.4 is 4.74 Å². The largest absolute Gasteiger partial charge is 0.496 e. The molecule has 1 aliphatic rings. The van der Waals surface area contributed by atoms with Crippen molar-refractivity contribution in [3.8, 4) is 5.75 Å². The highest BCUT2D eigenvalue weighted by Gasteiger charge is 2.31. The third-order valence-corrected chi connectivity index (χ3v) is 5.65.